The summed E-state index contributed by atoms with van der Waals surface area (Å²) in [4.78, 5) is 29.0. The number of hydrogen-bond acceptors (Lipinski definition) is 10. The number of fused-ring (bicyclic) bond motifs is 2. The van der Waals surface area contributed by atoms with Crippen molar-refractivity contribution in [2.45, 2.75) is 58.3 Å². The third kappa shape index (κ3) is 11.9. The molecule has 0 N–H and O–H groups in total. The molecule has 4 aromatic carbocycles. The Balaban J connectivity index is 0.000000219. The molecule has 69 heavy (non-hydrogen) atoms. The summed E-state index contributed by atoms with van der Waals surface area (Å²) in [5, 5.41) is 2.15. The number of allylic oxidation sites excluding steroid dienone is 8. The molecule has 2 aliphatic rings. The smallest absolute Gasteiger partial charge is 0.162 e. The highest BCUT2D eigenvalue weighted by Crippen LogP contribution is 2.39. The number of para-hydroxylation sites is 2. The van der Waals surface area contributed by atoms with E-state index in [1.165, 1.54) is 16.8 Å². The van der Waals surface area contributed by atoms with Gasteiger partial charge in [0.15, 0.2) is 11.6 Å². The van der Waals surface area contributed by atoms with Gasteiger partial charge in [0.1, 0.15) is 23.1 Å². The molecule has 2 aromatic heterocycles. The summed E-state index contributed by atoms with van der Waals surface area (Å²) in [6.45, 7) is 26.4. The summed E-state index contributed by atoms with van der Waals surface area (Å²) < 4.78 is 11.2. The molecule has 0 aliphatic carbocycles. The zero-order chi connectivity index (χ0) is 49.5. The second kappa shape index (κ2) is 24.7. The standard InChI is InChI=1S/C29H34N4O.C28H32N4O.C2H6/c1-6-11-21(7-2)28-30-26-15-14-23(32(4)8-3)20-25(26)29(31-28)33-18-16-22(17-19-33)24-12-9-10-13-27(24)34-5;1-6-10-20(7-2)27-29-25-14-13-22(31(3)4)19-24(25)28(30-27)32-17-15-21(16-18-32)23-11-8-9-12-26(23)33-5;1-2/h6-7,9-15,20,22H,1-2,8,16-19H2,3-5H3;6-14,19,21H,1-2,15-18H2,3-5H3;1-2H3/b21-11+;20-10+;. The molecule has 0 unspecified atom stereocenters. The Hall–Kier alpha value is -7.20. The zero-order valence-corrected chi connectivity index (χ0v) is 42.3. The number of aromatic nitrogens is 4. The van der Waals surface area contributed by atoms with Crippen molar-refractivity contribution in [2.24, 2.45) is 0 Å². The molecule has 4 heterocycles. The minimum atomic E-state index is 0.478. The second-order valence-electron chi connectivity index (χ2n) is 17.2. The van der Waals surface area contributed by atoms with Crippen molar-refractivity contribution in [3.05, 3.63) is 170 Å². The number of methoxy groups -OCH3 is 2. The van der Waals surface area contributed by atoms with Crippen molar-refractivity contribution < 1.29 is 9.47 Å². The largest absolute Gasteiger partial charge is 0.496 e. The molecular formula is C59H72N8O2. The van der Waals surface area contributed by atoms with Crippen LogP contribution in [0, 0.1) is 0 Å². The van der Waals surface area contributed by atoms with Gasteiger partial charge in [-0.1, -0.05) is 113 Å². The first-order valence-corrected chi connectivity index (χ1v) is 24.3. The van der Waals surface area contributed by atoms with E-state index in [1.54, 1.807) is 38.5 Å². The van der Waals surface area contributed by atoms with E-state index in [-0.39, 0.29) is 0 Å². The number of nitrogens with zero attached hydrogens (tertiary/aromatic N) is 8. The van der Waals surface area contributed by atoms with Crippen molar-refractivity contribution >= 4 is 56.0 Å². The molecule has 360 valence electrons. The first kappa shape index (κ1) is 51.2. The number of hydrogen-bond donors (Lipinski definition) is 0. The molecule has 0 amide bonds. The maximum Gasteiger partial charge on any atom is 0.162 e. The third-order valence-electron chi connectivity index (χ3n) is 13.0. The first-order chi connectivity index (χ1) is 33.6. The summed E-state index contributed by atoms with van der Waals surface area (Å²) in [6.07, 6.45) is 15.1. The summed E-state index contributed by atoms with van der Waals surface area (Å²) >= 11 is 0. The van der Waals surface area contributed by atoms with Crippen LogP contribution in [0.5, 0.6) is 11.5 Å². The Morgan fingerprint density at radius 3 is 1.38 bits per heavy atom. The SMILES string of the molecule is C=C/C=C(\C=C)c1nc(N2CCC(c3ccccc3OC)CC2)c2cc(N(C)C)ccc2n1.C=C/C=C(\C=C)c1nc(N2CCC(c3ccccc3OC)CC2)c2cc(N(C)CC)ccc2n1.CC. The third-order valence-corrected chi connectivity index (χ3v) is 13.0. The fourth-order valence-electron chi connectivity index (χ4n) is 9.17. The minimum Gasteiger partial charge on any atom is -0.496 e. The highest BCUT2D eigenvalue weighted by molar-refractivity contribution is 5.95. The van der Waals surface area contributed by atoms with Gasteiger partial charge >= 0.3 is 0 Å². The van der Waals surface area contributed by atoms with Crippen molar-refractivity contribution in [3.63, 3.8) is 0 Å². The molecule has 10 nitrogen and oxygen atoms in total. The average Bonchev–Trinajstić information content (AvgIpc) is 3.41. The second-order valence-corrected chi connectivity index (χ2v) is 17.2. The molecule has 2 aliphatic heterocycles. The lowest BCUT2D eigenvalue weighted by Gasteiger charge is -2.34. The van der Waals surface area contributed by atoms with Gasteiger partial charge in [0.25, 0.3) is 0 Å². The lowest BCUT2D eigenvalue weighted by Crippen LogP contribution is -2.34. The number of anilines is 4. The molecule has 0 bridgehead atoms. The fraction of sp³-hybridized carbons (Fsp3) is 0.322. The van der Waals surface area contributed by atoms with Crippen LogP contribution in [0.1, 0.15) is 81.1 Å². The van der Waals surface area contributed by atoms with E-state index >= 15 is 0 Å². The van der Waals surface area contributed by atoms with E-state index in [2.05, 4.69) is 147 Å². The maximum absolute atomic E-state index is 5.63. The zero-order valence-electron chi connectivity index (χ0n) is 42.3. The molecule has 0 radical (unpaired) electrons. The molecule has 0 spiro atoms. The van der Waals surface area contributed by atoms with Crippen LogP contribution in [-0.4, -0.2) is 88.0 Å². The van der Waals surface area contributed by atoms with E-state index in [0.717, 1.165) is 120 Å². The van der Waals surface area contributed by atoms with Gasteiger partial charge in [0, 0.05) is 87.2 Å². The van der Waals surface area contributed by atoms with Crippen LogP contribution in [-0.2, 0) is 0 Å². The van der Waals surface area contributed by atoms with Gasteiger partial charge in [-0.05, 0) is 104 Å². The molecular weight excluding hydrogens is 853 g/mol. The Labute approximate surface area is 411 Å². The summed E-state index contributed by atoms with van der Waals surface area (Å²) in [7, 11) is 9.71. The Morgan fingerprint density at radius 1 is 0.594 bits per heavy atom. The predicted molar refractivity (Wildman–Crippen MR) is 295 cm³/mol. The molecule has 2 saturated heterocycles. The average molecular weight is 925 g/mol. The van der Waals surface area contributed by atoms with E-state index in [1.807, 2.05) is 38.1 Å². The van der Waals surface area contributed by atoms with Crippen LogP contribution in [0.2, 0.25) is 0 Å². The Kier molecular flexibility index (Phi) is 18.3. The first-order valence-electron chi connectivity index (χ1n) is 24.3. The van der Waals surface area contributed by atoms with Gasteiger partial charge in [0.05, 0.1) is 25.3 Å². The fourth-order valence-corrected chi connectivity index (χ4v) is 9.17. The number of benzene rings is 4. The van der Waals surface area contributed by atoms with Gasteiger partial charge in [-0.15, -0.1) is 0 Å². The molecule has 6 aromatic rings. The lowest BCUT2D eigenvalue weighted by molar-refractivity contribution is 0.397. The van der Waals surface area contributed by atoms with Crippen LogP contribution in [0.4, 0.5) is 23.0 Å². The normalized spacial score (nSPS) is 14.5. The number of rotatable bonds is 15. The molecule has 0 saturated carbocycles. The minimum absolute atomic E-state index is 0.478. The Bertz CT molecular complexity index is 2780. The van der Waals surface area contributed by atoms with Crippen LogP contribution < -0.4 is 29.1 Å². The molecule has 8 rings (SSSR count). The van der Waals surface area contributed by atoms with Crippen molar-refractivity contribution in [2.75, 3.05) is 87.7 Å². The predicted octanol–water partition coefficient (Wildman–Crippen LogP) is 13.1. The van der Waals surface area contributed by atoms with Crippen molar-refractivity contribution in [1.82, 2.24) is 19.9 Å². The maximum atomic E-state index is 5.63. The summed E-state index contributed by atoms with van der Waals surface area (Å²) in [5.41, 5.74) is 8.52. The van der Waals surface area contributed by atoms with Crippen molar-refractivity contribution in [3.8, 4) is 11.5 Å². The van der Waals surface area contributed by atoms with Crippen LogP contribution in [0.15, 0.2) is 148 Å². The van der Waals surface area contributed by atoms with Crippen LogP contribution >= 0.6 is 0 Å². The lowest BCUT2D eigenvalue weighted by atomic mass is 9.88. The molecule has 2 fully saturated rings. The van der Waals surface area contributed by atoms with E-state index in [0.29, 0.717) is 23.5 Å². The molecule has 0 atom stereocenters. The van der Waals surface area contributed by atoms with E-state index in [9.17, 15) is 0 Å². The van der Waals surface area contributed by atoms with Gasteiger partial charge in [-0.25, -0.2) is 19.9 Å². The van der Waals surface area contributed by atoms with Gasteiger partial charge in [-0.2, -0.15) is 0 Å². The highest BCUT2D eigenvalue weighted by atomic mass is 16.5. The number of ether oxygens (including phenoxy) is 2. The highest BCUT2D eigenvalue weighted by Gasteiger charge is 2.27. The quantitative estimate of drug-likeness (QED) is 0.0929. The monoisotopic (exact) mass is 925 g/mol. The van der Waals surface area contributed by atoms with Gasteiger partial charge in [-0.3, -0.25) is 0 Å². The van der Waals surface area contributed by atoms with E-state index < -0.39 is 0 Å². The van der Waals surface area contributed by atoms with Crippen LogP contribution in [0.25, 0.3) is 33.0 Å². The summed E-state index contributed by atoms with van der Waals surface area (Å²) in [5.74, 6) is 6.24. The van der Waals surface area contributed by atoms with Gasteiger partial charge in [0.2, 0.25) is 0 Å². The van der Waals surface area contributed by atoms with Crippen LogP contribution in [0.3, 0.4) is 0 Å². The molecule has 10 heteroatoms. The summed E-state index contributed by atoms with van der Waals surface area (Å²) in [6, 6.07) is 29.6. The van der Waals surface area contributed by atoms with E-state index in [4.69, 9.17) is 29.4 Å². The van der Waals surface area contributed by atoms with Gasteiger partial charge < -0.3 is 29.1 Å². The van der Waals surface area contributed by atoms with Crippen molar-refractivity contribution in [1.29, 1.82) is 0 Å². The Morgan fingerprint density at radius 2 is 1.00 bits per heavy atom. The number of piperidine rings is 2. The topological polar surface area (TPSA) is 83.0 Å².